The minimum Gasteiger partial charge on any atom is -0.481 e. The molecule has 0 unspecified atom stereocenters. The fourth-order valence-corrected chi connectivity index (χ4v) is 2.74. The molecule has 4 heteroatoms. The topological polar surface area (TPSA) is 66.8 Å². The van der Waals surface area contributed by atoms with Crippen LogP contribution in [0.25, 0.3) is 0 Å². The van der Waals surface area contributed by atoms with Gasteiger partial charge in [0.05, 0.1) is 12.0 Å². The smallest absolute Gasteiger partial charge is 0.310 e. The Hall–Kier alpha value is -2.33. The number of hydrogen-bond donors (Lipinski definition) is 2. The van der Waals surface area contributed by atoms with Crippen molar-refractivity contribution in [2.75, 3.05) is 0 Å². The highest BCUT2D eigenvalue weighted by atomic mass is 16.5. The van der Waals surface area contributed by atoms with E-state index in [0.717, 1.165) is 16.9 Å². The van der Waals surface area contributed by atoms with E-state index in [1.165, 1.54) is 0 Å². The highest BCUT2D eigenvalue weighted by molar-refractivity contribution is 5.75. The average molecular weight is 298 g/mol. The first-order chi connectivity index (χ1) is 10.5. The molecular weight excluding hydrogens is 280 g/mol. The minimum atomic E-state index is -0.886. The number of aliphatic carboxylic acids is 1. The van der Waals surface area contributed by atoms with Gasteiger partial charge in [-0.1, -0.05) is 23.8 Å². The van der Waals surface area contributed by atoms with Crippen molar-refractivity contribution in [3.8, 4) is 11.5 Å². The molecular formula is C18H18O4. The molecule has 0 radical (unpaired) electrons. The van der Waals surface area contributed by atoms with Crippen molar-refractivity contribution < 1.29 is 19.7 Å². The Labute approximate surface area is 129 Å². The lowest BCUT2D eigenvalue weighted by molar-refractivity contribution is -0.138. The van der Waals surface area contributed by atoms with Crippen LogP contribution in [0.5, 0.6) is 11.5 Å². The lowest BCUT2D eigenvalue weighted by Crippen LogP contribution is -2.09. The van der Waals surface area contributed by atoms with Gasteiger partial charge in [-0.2, -0.15) is 0 Å². The maximum absolute atomic E-state index is 11.1. The maximum atomic E-state index is 11.1. The van der Waals surface area contributed by atoms with Crippen molar-refractivity contribution >= 4 is 5.97 Å². The third kappa shape index (κ3) is 2.57. The molecule has 0 amide bonds. The van der Waals surface area contributed by atoms with Gasteiger partial charge >= 0.3 is 5.97 Å². The second-order valence-electron chi connectivity index (χ2n) is 5.79. The first-order valence-electron chi connectivity index (χ1n) is 7.28. The van der Waals surface area contributed by atoms with Crippen LogP contribution < -0.4 is 4.74 Å². The third-order valence-electron chi connectivity index (χ3n) is 4.11. The van der Waals surface area contributed by atoms with Crippen LogP contribution in [0.3, 0.4) is 0 Å². The van der Waals surface area contributed by atoms with Crippen molar-refractivity contribution in [2.24, 2.45) is 0 Å². The van der Waals surface area contributed by atoms with E-state index in [1.807, 2.05) is 25.1 Å². The quantitative estimate of drug-likeness (QED) is 0.889. The van der Waals surface area contributed by atoms with Crippen LogP contribution in [-0.2, 0) is 11.2 Å². The number of aliphatic hydroxyl groups is 1. The molecule has 1 aliphatic rings. The van der Waals surface area contributed by atoms with E-state index in [9.17, 15) is 9.90 Å². The molecule has 2 atom stereocenters. The number of carbonyl (C=O) groups is 1. The molecule has 0 aliphatic carbocycles. The van der Waals surface area contributed by atoms with Gasteiger partial charge in [-0.25, -0.2) is 0 Å². The van der Waals surface area contributed by atoms with Crippen LogP contribution in [0.4, 0.5) is 0 Å². The number of aliphatic hydroxyl groups excluding tert-OH is 1. The highest BCUT2D eigenvalue weighted by Crippen LogP contribution is 2.39. The summed E-state index contributed by atoms with van der Waals surface area (Å²) in [5, 5.41) is 19.6. The van der Waals surface area contributed by atoms with Crippen molar-refractivity contribution in [1.82, 2.24) is 0 Å². The van der Waals surface area contributed by atoms with Crippen LogP contribution in [-0.4, -0.2) is 16.2 Å². The van der Waals surface area contributed by atoms with E-state index >= 15 is 0 Å². The predicted octanol–water partition coefficient (Wildman–Crippen LogP) is 3.56. The lowest BCUT2D eigenvalue weighted by atomic mass is 9.94. The summed E-state index contributed by atoms with van der Waals surface area (Å²) < 4.78 is 5.92. The van der Waals surface area contributed by atoms with Gasteiger partial charge in [0.2, 0.25) is 0 Å². The zero-order chi connectivity index (χ0) is 15.9. The number of hydrogen-bond acceptors (Lipinski definition) is 3. The van der Waals surface area contributed by atoms with Gasteiger partial charge in [0.1, 0.15) is 11.5 Å². The largest absolute Gasteiger partial charge is 0.481 e. The van der Waals surface area contributed by atoms with Crippen LogP contribution in [0.1, 0.15) is 41.2 Å². The summed E-state index contributed by atoms with van der Waals surface area (Å²) in [5.74, 6) is -0.188. The fourth-order valence-electron chi connectivity index (χ4n) is 2.74. The maximum Gasteiger partial charge on any atom is 0.310 e. The van der Waals surface area contributed by atoms with Crippen LogP contribution in [0.15, 0.2) is 36.4 Å². The fraction of sp³-hybridized carbons (Fsp3) is 0.278. The average Bonchev–Trinajstić information content (AvgIpc) is 2.62. The Bertz CT molecular complexity index is 736. The Morgan fingerprint density at radius 3 is 2.68 bits per heavy atom. The number of rotatable bonds is 2. The van der Waals surface area contributed by atoms with Crippen LogP contribution in [0.2, 0.25) is 0 Å². The van der Waals surface area contributed by atoms with Gasteiger partial charge in [0.25, 0.3) is 0 Å². The number of fused-ring (bicyclic) bond motifs is 2. The molecule has 1 heterocycles. The summed E-state index contributed by atoms with van der Waals surface area (Å²) in [6.07, 6.45) is -0.256. The normalized spacial score (nSPS) is 17.7. The first-order valence-corrected chi connectivity index (χ1v) is 7.28. The van der Waals surface area contributed by atoms with Gasteiger partial charge in [-0.05, 0) is 43.2 Å². The van der Waals surface area contributed by atoms with Crippen molar-refractivity contribution in [3.05, 3.63) is 58.7 Å². The Balaban J connectivity index is 2.04. The molecule has 4 nitrogen and oxygen atoms in total. The van der Waals surface area contributed by atoms with E-state index in [-0.39, 0.29) is 0 Å². The molecule has 114 valence electrons. The van der Waals surface area contributed by atoms with Crippen LogP contribution >= 0.6 is 0 Å². The molecule has 0 saturated carbocycles. The molecule has 0 bridgehead atoms. The third-order valence-corrected chi connectivity index (χ3v) is 4.11. The van der Waals surface area contributed by atoms with Gasteiger partial charge in [-0.3, -0.25) is 4.79 Å². The molecule has 0 fully saturated rings. The SMILES string of the molecule is Cc1ccc2c(c1)C[C@@H](O)c1cc([C@@H](C)C(=O)O)ccc1O2. The number of benzene rings is 2. The van der Waals surface area contributed by atoms with Gasteiger partial charge in [0, 0.05) is 12.0 Å². The van der Waals surface area contributed by atoms with E-state index in [1.54, 1.807) is 25.1 Å². The zero-order valence-electron chi connectivity index (χ0n) is 12.5. The Morgan fingerprint density at radius 2 is 1.95 bits per heavy atom. The lowest BCUT2D eigenvalue weighted by Gasteiger charge is -2.14. The Morgan fingerprint density at radius 1 is 1.23 bits per heavy atom. The van der Waals surface area contributed by atoms with E-state index in [0.29, 0.717) is 23.3 Å². The van der Waals surface area contributed by atoms with Gasteiger partial charge < -0.3 is 14.9 Å². The summed E-state index contributed by atoms with van der Waals surface area (Å²) in [6.45, 7) is 3.63. The summed E-state index contributed by atoms with van der Waals surface area (Å²) in [6, 6.07) is 11.1. The van der Waals surface area contributed by atoms with E-state index < -0.39 is 18.0 Å². The number of aryl methyl sites for hydroxylation is 1. The zero-order valence-corrected chi connectivity index (χ0v) is 12.5. The number of carboxylic acid groups (broad SMARTS) is 1. The first kappa shape index (κ1) is 14.6. The minimum absolute atomic E-state index is 0.453. The molecule has 0 saturated heterocycles. The van der Waals surface area contributed by atoms with E-state index in [2.05, 4.69) is 0 Å². The molecule has 3 rings (SSSR count). The van der Waals surface area contributed by atoms with Crippen molar-refractivity contribution in [2.45, 2.75) is 32.3 Å². The summed E-state index contributed by atoms with van der Waals surface area (Å²) in [5.41, 5.74) is 3.37. The molecule has 0 aromatic heterocycles. The monoisotopic (exact) mass is 298 g/mol. The van der Waals surface area contributed by atoms with Crippen LogP contribution in [0, 0.1) is 6.92 Å². The summed E-state index contributed by atoms with van der Waals surface area (Å²) in [4.78, 5) is 11.1. The summed E-state index contributed by atoms with van der Waals surface area (Å²) >= 11 is 0. The number of carboxylic acids is 1. The van der Waals surface area contributed by atoms with Crippen molar-refractivity contribution in [1.29, 1.82) is 0 Å². The molecule has 22 heavy (non-hydrogen) atoms. The van der Waals surface area contributed by atoms with Gasteiger partial charge in [-0.15, -0.1) is 0 Å². The highest BCUT2D eigenvalue weighted by Gasteiger charge is 2.24. The summed E-state index contributed by atoms with van der Waals surface area (Å²) in [7, 11) is 0. The number of ether oxygens (including phenoxy) is 1. The predicted molar refractivity (Wildman–Crippen MR) is 82.4 cm³/mol. The molecule has 2 aromatic carbocycles. The molecule has 0 spiro atoms. The molecule has 2 N–H and O–H groups in total. The molecule has 1 aliphatic heterocycles. The Kier molecular flexibility index (Phi) is 3.62. The second-order valence-corrected chi connectivity index (χ2v) is 5.79. The van der Waals surface area contributed by atoms with Gasteiger partial charge in [0.15, 0.2) is 0 Å². The second kappa shape index (κ2) is 5.46. The van der Waals surface area contributed by atoms with E-state index in [4.69, 9.17) is 9.84 Å². The van der Waals surface area contributed by atoms with Crippen molar-refractivity contribution in [3.63, 3.8) is 0 Å². The standard InChI is InChI=1S/C18H18O4/c1-10-3-5-16-13(7-10)9-15(19)14-8-12(11(2)18(20)21)4-6-17(14)22-16/h3-8,11,15,19H,9H2,1-2H3,(H,20,21)/t11-,15-/m1/s1. The molecule has 2 aromatic rings.